The smallest absolute Gasteiger partial charge is 0.124 e. The molecule has 0 saturated carbocycles. The monoisotopic (exact) mass is 393 g/mol. The first-order valence-electron chi connectivity index (χ1n) is 9.85. The predicted octanol–water partition coefficient (Wildman–Crippen LogP) is 6.34. The Kier molecular flexibility index (Phi) is 7.53. The summed E-state index contributed by atoms with van der Waals surface area (Å²) >= 11 is 6.23. The fourth-order valence-corrected chi connectivity index (χ4v) is 3.36. The van der Waals surface area contributed by atoms with Gasteiger partial charge < -0.3 is 10.1 Å². The zero-order valence-electron chi connectivity index (χ0n) is 16.6. The van der Waals surface area contributed by atoms with Gasteiger partial charge in [-0.3, -0.25) is 0 Å². The molecule has 3 heteroatoms. The standard InChI is InChI=1S/C25H28ClNO/c1-19-8-6-7-11-22(19)18-28-25-15-14-24(26)16-23(25)17-27-20(2)12-13-21-9-4-3-5-10-21/h3-11,14-16,20,27H,12-13,17-18H2,1-2H3/t20-/m1/s1. The zero-order valence-corrected chi connectivity index (χ0v) is 17.4. The number of benzene rings is 3. The first-order chi connectivity index (χ1) is 13.6. The van der Waals surface area contributed by atoms with Gasteiger partial charge in [-0.15, -0.1) is 0 Å². The molecule has 3 aromatic rings. The van der Waals surface area contributed by atoms with Gasteiger partial charge in [-0.05, 0) is 61.6 Å². The van der Waals surface area contributed by atoms with Crippen LogP contribution in [0.3, 0.4) is 0 Å². The summed E-state index contributed by atoms with van der Waals surface area (Å²) < 4.78 is 6.12. The second kappa shape index (κ2) is 10.3. The van der Waals surface area contributed by atoms with Gasteiger partial charge in [0.25, 0.3) is 0 Å². The van der Waals surface area contributed by atoms with Gasteiger partial charge in [0, 0.05) is 23.2 Å². The van der Waals surface area contributed by atoms with Crippen LogP contribution >= 0.6 is 11.6 Å². The molecule has 0 heterocycles. The van der Waals surface area contributed by atoms with Crippen molar-refractivity contribution < 1.29 is 4.74 Å². The first kappa shape index (κ1) is 20.4. The van der Waals surface area contributed by atoms with E-state index in [9.17, 15) is 0 Å². The van der Waals surface area contributed by atoms with Crippen LogP contribution in [0.1, 0.15) is 35.6 Å². The number of hydrogen-bond donors (Lipinski definition) is 1. The second-order valence-electron chi connectivity index (χ2n) is 7.27. The Morgan fingerprint density at radius 1 is 0.929 bits per heavy atom. The van der Waals surface area contributed by atoms with E-state index in [2.05, 4.69) is 61.6 Å². The first-order valence-corrected chi connectivity index (χ1v) is 10.2. The van der Waals surface area contributed by atoms with Crippen LogP contribution in [0.25, 0.3) is 0 Å². The summed E-state index contributed by atoms with van der Waals surface area (Å²) in [5, 5.41) is 4.34. The molecule has 0 saturated heterocycles. The molecule has 28 heavy (non-hydrogen) atoms. The number of rotatable bonds is 9. The summed E-state index contributed by atoms with van der Waals surface area (Å²) in [5.41, 5.74) is 4.91. The molecule has 1 atom stereocenters. The van der Waals surface area contributed by atoms with E-state index in [-0.39, 0.29) is 0 Å². The molecule has 0 fully saturated rings. The number of halogens is 1. The number of ether oxygens (including phenoxy) is 1. The Hall–Kier alpha value is -2.29. The van der Waals surface area contributed by atoms with Crippen LogP contribution in [0.15, 0.2) is 72.8 Å². The van der Waals surface area contributed by atoms with Gasteiger partial charge in [-0.25, -0.2) is 0 Å². The lowest BCUT2D eigenvalue weighted by molar-refractivity contribution is 0.300. The van der Waals surface area contributed by atoms with E-state index in [4.69, 9.17) is 16.3 Å². The van der Waals surface area contributed by atoms with Gasteiger partial charge in [-0.1, -0.05) is 66.2 Å². The van der Waals surface area contributed by atoms with Crippen molar-refractivity contribution in [3.8, 4) is 5.75 Å². The predicted molar refractivity (Wildman–Crippen MR) is 118 cm³/mol. The molecular weight excluding hydrogens is 366 g/mol. The average Bonchev–Trinajstić information content (AvgIpc) is 2.72. The Morgan fingerprint density at radius 2 is 1.68 bits per heavy atom. The number of hydrogen-bond acceptors (Lipinski definition) is 2. The normalized spacial score (nSPS) is 12.0. The number of nitrogens with one attached hydrogen (secondary N) is 1. The summed E-state index contributed by atoms with van der Waals surface area (Å²) in [4.78, 5) is 0. The third-order valence-electron chi connectivity index (χ3n) is 5.02. The molecule has 0 amide bonds. The van der Waals surface area contributed by atoms with E-state index < -0.39 is 0 Å². The van der Waals surface area contributed by atoms with Crippen molar-refractivity contribution >= 4 is 11.6 Å². The minimum Gasteiger partial charge on any atom is -0.489 e. The van der Waals surface area contributed by atoms with E-state index in [1.165, 1.54) is 16.7 Å². The number of aryl methyl sites for hydroxylation is 2. The minimum atomic E-state index is 0.406. The molecular formula is C25H28ClNO. The van der Waals surface area contributed by atoms with Crippen molar-refractivity contribution in [3.05, 3.63) is 100 Å². The largest absolute Gasteiger partial charge is 0.489 e. The second-order valence-corrected chi connectivity index (χ2v) is 7.71. The van der Waals surface area contributed by atoms with Crippen LogP contribution in [-0.4, -0.2) is 6.04 Å². The molecule has 0 aliphatic rings. The molecule has 1 N–H and O–H groups in total. The molecule has 0 aromatic heterocycles. The van der Waals surface area contributed by atoms with E-state index in [1.54, 1.807) is 0 Å². The van der Waals surface area contributed by atoms with Crippen LogP contribution in [-0.2, 0) is 19.6 Å². The van der Waals surface area contributed by atoms with Crippen molar-refractivity contribution in [3.63, 3.8) is 0 Å². The third-order valence-corrected chi connectivity index (χ3v) is 5.25. The molecule has 0 unspecified atom stereocenters. The van der Waals surface area contributed by atoms with Gasteiger partial charge in [-0.2, -0.15) is 0 Å². The van der Waals surface area contributed by atoms with Crippen LogP contribution < -0.4 is 10.1 Å². The van der Waals surface area contributed by atoms with Gasteiger partial charge in [0.15, 0.2) is 0 Å². The van der Waals surface area contributed by atoms with Gasteiger partial charge in [0.05, 0.1) is 0 Å². The summed E-state index contributed by atoms with van der Waals surface area (Å²) in [5.74, 6) is 0.885. The molecule has 3 aromatic carbocycles. The lowest BCUT2D eigenvalue weighted by atomic mass is 10.1. The highest BCUT2D eigenvalue weighted by Gasteiger charge is 2.09. The highest BCUT2D eigenvalue weighted by molar-refractivity contribution is 6.30. The van der Waals surface area contributed by atoms with Crippen molar-refractivity contribution in [2.75, 3.05) is 0 Å². The van der Waals surface area contributed by atoms with E-state index in [0.717, 1.165) is 35.7 Å². The highest BCUT2D eigenvalue weighted by atomic mass is 35.5. The SMILES string of the molecule is Cc1ccccc1COc1ccc(Cl)cc1CN[C@H](C)CCc1ccccc1. The lowest BCUT2D eigenvalue weighted by Crippen LogP contribution is -2.26. The fraction of sp³-hybridized carbons (Fsp3) is 0.280. The topological polar surface area (TPSA) is 21.3 Å². The van der Waals surface area contributed by atoms with Crippen molar-refractivity contribution in [1.29, 1.82) is 0 Å². The molecule has 3 rings (SSSR count). The van der Waals surface area contributed by atoms with Crippen LogP contribution in [0.2, 0.25) is 5.02 Å². The summed E-state index contributed by atoms with van der Waals surface area (Å²) in [6.45, 7) is 5.63. The molecule has 146 valence electrons. The Balaban J connectivity index is 1.57. The van der Waals surface area contributed by atoms with Crippen molar-refractivity contribution in [1.82, 2.24) is 5.32 Å². The Morgan fingerprint density at radius 3 is 2.46 bits per heavy atom. The average molecular weight is 394 g/mol. The summed E-state index contributed by atoms with van der Waals surface area (Å²) in [7, 11) is 0. The highest BCUT2D eigenvalue weighted by Crippen LogP contribution is 2.24. The Bertz CT molecular complexity index is 879. The van der Waals surface area contributed by atoms with Gasteiger partial charge in [0.2, 0.25) is 0 Å². The summed E-state index contributed by atoms with van der Waals surface area (Å²) in [6.07, 6.45) is 2.16. The van der Waals surface area contributed by atoms with Crippen LogP contribution in [0.4, 0.5) is 0 Å². The molecule has 2 nitrogen and oxygen atoms in total. The summed E-state index contributed by atoms with van der Waals surface area (Å²) in [6, 6.07) is 25.2. The van der Waals surface area contributed by atoms with E-state index in [0.29, 0.717) is 12.6 Å². The molecule has 0 aliphatic carbocycles. The molecule has 0 bridgehead atoms. The molecule has 0 radical (unpaired) electrons. The van der Waals surface area contributed by atoms with Crippen molar-refractivity contribution in [2.24, 2.45) is 0 Å². The Labute approximate surface area is 173 Å². The maximum absolute atomic E-state index is 6.23. The fourth-order valence-electron chi connectivity index (χ4n) is 3.17. The third kappa shape index (κ3) is 6.12. The van der Waals surface area contributed by atoms with E-state index in [1.807, 2.05) is 30.3 Å². The zero-order chi connectivity index (χ0) is 19.8. The maximum Gasteiger partial charge on any atom is 0.124 e. The van der Waals surface area contributed by atoms with E-state index >= 15 is 0 Å². The van der Waals surface area contributed by atoms with Crippen LogP contribution in [0, 0.1) is 6.92 Å². The van der Waals surface area contributed by atoms with Gasteiger partial charge >= 0.3 is 0 Å². The maximum atomic E-state index is 6.23. The minimum absolute atomic E-state index is 0.406. The van der Waals surface area contributed by atoms with Gasteiger partial charge in [0.1, 0.15) is 12.4 Å². The quantitative estimate of drug-likeness (QED) is 0.458. The van der Waals surface area contributed by atoms with Crippen LogP contribution in [0.5, 0.6) is 5.75 Å². The van der Waals surface area contributed by atoms with Crippen molar-refractivity contribution in [2.45, 2.75) is 45.9 Å². The molecule has 0 aliphatic heterocycles. The molecule has 0 spiro atoms. The lowest BCUT2D eigenvalue weighted by Gasteiger charge is -2.17.